The van der Waals surface area contributed by atoms with Crippen molar-refractivity contribution in [2.24, 2.45) is 0 Å². The SMILES string of the molecule is N#Cc1c(-c2ccnn2C2CCCCO2)ccc2cc3cc4ccccc4cc3cc12. The molecule has 0 aliphatic carbocycles. The van der Waals surface area contributed by atoms with Crippen molar-refractivity contribution < 1.29 is 4.74 Å². The number of nitrogens with zero attached hydrogens (tertiary/aromatic N) is 3. The second-order valence-corrected chi connectivity index (χ2v) is 8.20. The van der Waals surface area contributed by atoms with E-state index in [0.29, 0.717) is 5.56 Å². The molecule has 4 heteroatoms. The van der Waals surface area contributed by atoms with E-state index in [-0.39, 0.29) is 6.23 Å². The zero-order chi connectivity index (χ0) is 20.8. The highest BCUT2D eigenvalue weighted by Crippen LogP contribution is 2.35. The average Bonchev–Trinajstić information content (AvgIpc) is 3.31. The number of fused-ring (bicyclic) bond motifs is 3. The van der Waals surface area contributed by atoms with Crippen LogP contribution in [0, 0.1) is 11.3 Å². The summed E-state index contributed by atoms with van der Waals surface area (Å²) in [4.78, 5) is 0. The fourth-order valence-corrected chi connectivity index (χ4v) is 4.77. The van der Waals surface area contributed by atoms with Crippen LogP contribution in [0.15, 0.2) is 72.9 Å². The summed E-state index contributed by atoms with van der Waals surface area (Å²) in [5.41, 5.74) is 2.52. The maximum atomic E-state index is 10.1. The normalized spacial score (nSPS) is 16.7. The second kappa shape index (κ2) is 7.23. The molecule has 6 rings (SSSR count). The molecule has 0 spiro atoms. The summed E-state index contributed by atoms with van der Waals surface area (Å²) in [5.74, 6) is 0. The smallest absolute Gasteiger partial charge is 0.150 e. The quantitative estimate of drug-likeness (QED) is 0.313. The Balaban J connectivity index is 1.56. The van der Waals surface area contributed by atoms with Gasteiger partial charge in [-0.25, -0.2) is 4.68 Å². The first-order valence-electron chi connectivity index (χ1n) is 10.8. The fraction of sp³-hybridized carbons (Fsp3) is 0.185. The third-order valence-electron chi connectivity index (χ3n) is 6.33. The Kier molecular flexibility index (Phi) is 4.22. The van der Waals surface area contributed by atoms with Crippen LogP contribution in [0.3, 0.4) is 0 Å². The molecule has 0 amide bonds. The van der Waals surface area contributed by atoms with Gasteiger partial charge in [-0.2, -0.15) is 10.4 Å². The highest BCUT2D eigenvalue weighted by molar-refractivity contribution is 6.07. The highest BCUT2D eigenvalue weighted by Gasteiger charge is 2.21. The molecule has 0 bridgehead atoms. The van der Waals surface area contributed by atoms with Crippen molar-refractivity contribution in [3.63, 3.8) is 0 Å². The van der Waals surface area contributed by atoms with Gasteiger partial charge in [0.2, 0.25) is 0 Å². The number of hydrogen-bond donors (Lipinski definition) is 0. The lowest BCUT2D eigenvalue weighted by atomic mass is 9.94. The molecular weight excluding hydrogens is 382 g/mol. The summed E-state index contributed by atoms with van der Waals surface area (Å²) in [5, 5.41) is 21.5. The maximum Gasteiger partial charge on any atom is 0.150 e. The maximum absolute atomic E-state index is 10.1. The van der Waals surface area contributed by atoms with E-state index in [4.69, 9.17) is 4.74 Å². The van der Waals surface area contributed by atoms with Gasteiger partial charge in [-0.3, -0.25) is 0 Å². The molecule has 0 N–H and O–H groups in total. The van der Waals surface area contributed by atoms with Gasteiger partial charge in [-0.05, 0) is 76.5 Å². The van der Waals surface area contributed by atoms with Crippen LogP contribution < -0.4 is 0 Å². The Hall–Kier alpha value is -3.68. The molecule has 1 atom stereocenters. The van der Waals surface area contributed by atoms with Gasteiger partial charge in [0.15, 0.2) is 6.23 Å². The van der Waals surface area contributed by atoms with Gasteiger partial charge in [0.1, 0.15) is 6.07 Å². The van der Waals surface area contributed by atoms with Crippen LogP contribution >= 0.6 is 0 Å². The van der Waals surface area contributed by atoms with Crippen LogP contribution in [-0.2, 0) is 4.74 Å². The third-order valence-corrected chi connectivity index (χ3v) is 6.33. The van der Waals surface area contributed by atoms with E-state index in [1.807, 2.05) is 16.8 Å². The summed E-state index contributed by atoms with van der Waals surface area (Å²) in [6.45, 7) is 0.757. The molecule has 1 saturated heterocycles. The molecule has 0 saturated carbocycles. The minimum Gasteiger partial charge on any atom is -0.356 e. The van der Waals surface area contributed by atoms with Crippen molar-refractivity contribution in [3.8, 4) is 17.3 Å². The summed E-state index contributed by atoms with van der Waals surface area (Å²) < 4.78 is 7.90. The molecule has 4 nitrogen and oxygen atoms in total. The van der Waals surface area contributed by atoms with Gasteiger partial charge in [-0.15, -0.1) is 0 Å². The molecule has 1 aliphatic heterocycles. The van der Waals surface area contributed by atoms with Crippen LogP contribution in [0.5, 0.6) is 0 Å². The Morgan fingerprint density at radius 2 is 1.65 bits per heavy atom. The number of ether oxygens (including phenoxy) is 1. The zero-order valence-corrected chi connectivity index (χ0v) is 17.1. The van der Waals surface area contributed by atoms with Crippen molar-refractivity contribution >= 4 is 32.3 Å². The number of hydrogen-bond acceptors (Lipinski definition) is 3. The Bertz CT molecular complexity index is 1490. The van der Waals surface area contributed by atoms with E-state index in [1.54, 1.807) is 6.20 Å². The Labute approximate surface area is 180 Å². The fourth-order valence-electron chi connectivity index (χ4n) is 4.77. The lowest BCUT2D eigenvalue weighted by molar-refractivity contribution is -0.0383. The van der Waals surface area contributed by atoms with Crippen LogP contribution in [0.25, 0.3) is 43.6 Å². The molecule has 4 aromatic carbocycles. The lowest BCUT2D eigenvalue weighted by Crippen LogP contribution is -2.20. The van der Waals surface area contributed by atoms with E-state index >= 15 is 0 Å². The molecule has 31 heavy (non-hydrogen) atoms. The van der Waals surface area contributed by atoms with E-state index in [0.717, 1.165) is 53.3 Å². The molecular formula is C27H21N3O. The molecule has 1 aromatic heterocycles. The predicted octanol–water partition coefficient (Wildman–Crippen LogP) is 6.58. The molecule has 0 radical (unpaired) electrons. The van der Waals surface area contributed by atoms with Crippen molar-refractivity contribution in [1.82, 2.24) is 9.78 Å². The zero-order valence-electron chi connectivity index (χ0n) is 17.1. The second-order valence-electron chi connectivity index (χ2n) is 8.20. The van der Waals surface area contributed by atoms with Gasteiger partial charge in [0.05, 0.1) is 11.3 Å². The molecule has 1 aliphatic rings. The first kappa shape index (κ1) is 18.1. The van der Waals surface area contributed by atoms with Crippen molar-refractivity contribution in [3.05, 3.63) is 78.5 Å². The number of aromatic nitrogens is 2. The van der Waals surface area contributed by atoms with Gasteiger partial charge in [-0.1, -0.05) is 36.4 Å². The van der Waals surface area contributed by atoms with Crippen LogP contribution in [0.4, 0.5) is 0 Å². The molecule has 5 aromatic rings. The van der Waals surface area contributed by atoms with Crippen molar-refractivity contribution in [2.45, 2.75) is 25.5 Å². The highest BCUT2D eigenvalue weighted by atomic mass is 16.5. The van der Waals surface area contributed by atoms with Gasteiger partial charge >= 0.3 is 0 Å². The van der Waals surface area contributed by atoms with Crippen LogP contribution in [0.2, 0.25) is 0 Å². The number of rotatable bonds is 2. The summed E-state index contributed by atoms with van der Waals surface area (Å²) in [6.07, 6.45) is 4.90. The topological polar surface area (TPSA) is 50.8 Å². The minimum absolute atomic E-state index is 0.0658. The van der Waals surface area contributed by atoms with Crippen LogP contribution in [-0.4, -0.2) is 16.4 Å². The molecule has 150 valence electrons. The van der Waals surface area contributed by atoms with Crippen LogP contribution in [0.1, 0.15) is 31.1 Å². The summed E-state index contributed by atoms with van der Waals surface area (Å²) >= 11 is 0. The van der Waals surface area contributed by atoms with E-state index < -0.39 is 0 Å². The largest absolute Gasteiger partial charge is 0.356 e. The first-order chi connectivity index (χ1) is 15.3. The summed E-state index contributed by atoms with van der Waals surface area (Å²) in [7, 11) is 0. The first-order valence-corrected chi connectivity index (χ1v) is 10.8. The number of benzene rings is 4. The number of nitriles is 1. The third kappa shape index (κ3) is 2.98. The Morgan fingerprint density at radius 1 is 0.871 bits per heavy atom. The minimum atomic E-state index is -0.0658. The molecule has 2 heterocycles. The van der Waals surface area contributed by atoms with Crippen molar-refractivity contribution in [2.75, 3.05) is 6.61 Å². The summed E-state index contributed by atoms with van der Waals surface area (Å²) in [6, 6.07) is 25.8. The van der Waals surface area contributed by atoms with Crippen molar-refractivity contribution in [1.29, 1.82) is 5.26 Å². The van der Waals surface area contributed by atoms with E-state index in [1.165, 1.54) is 16.2 Å². The van der Waals surface area contributed by atoms with E-state index in [2.05, 4.69) is 65.8 Å². The predicted molar refractivity (Wildman–Crippen MR) is 124 cm³/mol. The van der Waals surface area contributed by atoms with Gasteiger partial charge < -0.3 is 4.74 Å². The lowest BCUT2D eigenvalue weighted by Gasteiger charge is -2.25. The standard InChI is InChI=1S/C27H21N3O/c28-17-25-23(26-10-11-29-30(26)27-7-3-4-12-31-27)9-8-20-15-21-13-18-5-1-2-6-19(18)14-22(21)16-24(20)25/h1-2,5-6,8-11,13-16,27H,3-4,7,12H2. The average molecular weight is 403 g/mol. The Morgan fingerprint density at radius 3 is 2.39 bits per heavy atom. The molecule has 1 unspecified atom stereocenters. The van der Waals surface area contributed by atoms with Gasteiger partial charge in [0, 0.05) is 23.8 Å². The molecule has 1 fully saturated rings. The monoisotopic (exact) mass is 403 g/mol. The van der Waals surface area contributed by atoms with Gasteiger partial charge in [0.25, 0.3) is 0 Å². The van der Waals surface area contributed by atoms with E-state index in [9.17, 15) is 5.26 Å².